The number of hydrogen-bond donors (Lipinski definition) is 1. The summed E-state index contributed by atoms with van der Waals surface area (Å²) in [6, 6.07) is 5.33. The summed E-state index contributed by atoms with van der Waals surface area (Å²) in [6.07, 6.45) is 0.649. The molecule has 1 aromatic carbocycles. The molecule has 4 heteroatoms. The van der Waals surface area contributed by atoms with Crippen molar-refractivity contribution >= 4 is 22.7 Å². The van der Waals surface area contributed by atoms with Gasteiger partial charge in [-0.05, 0) is 18.2 Å². The highest BCUT2D eigenvalue weighted by Crippen LogP contribution is 2.11. The molecule has 0 aliphatic rings. The van der Waals surface area contributed by atoms with Crippen molar-refractivity contribution in [2.45, 2.75) is 6.42 Å². The topological polar surface area (TPSA) is 46.0 Å². The van der Waals surface area contributed by atoms with Gasteiger partial charge in [-0.3, -0.25) is 4.98 Å². The monoisotopic (exact) mass is 221 g/mol. The third-order valence-electron chi connectivity index (χ3n) is 1.87. The van der Waals surface area contributed by atoms with Gasteiger partial charge in [0.05, 0.1) is 5.52 Å². The lowest BCUT2D eigenvalue weighted by Gasteiger charge is -1.89. The van der Waals surface area contributed by atoms with Gasteiger partial charge in [-0.15, -0.1) is 11.6 Å². The fourth-order valence-electron chi connectivity index (χ4n) is 1.23. The zero-order chi connectivity index (χ0) is 10.7. The van der Waals surface area contributed by atoms with Gasteiger partial charge in [-0.25, -0.2) is 4.79 Å². The van der Waals surface area contributed by atoms with Crippen LogP contribution in [0.3, 0.4) is 0 Å². The van der Waals surface area contributed by atoms with Gasteiger partial charge in [-0.2, -0.15) is 0 Å². The molecule has 1 heterocycles. The van der Waals surface area contributed by atoms with Crippen molar-refractivity contribution in [3.8, 4) is 11.8 Å². The molecule has 0 fully saturated rings. The number of oxazole rings is 1. The normalized spacial score (nSPS) is 9.93. The van der Waals surface area contributed by atoms with E-state index in [1.807, 2.05) is 6.07 Å². The van der Waals surface area contributed by atoms with Crippen LogP contribution in [-0.2, 0) is 0 Å². The summed E-state index contributed by atoms with van der Waals surface area (Å²) >= 11 is 5.50. The number of aromatic nitrogens is 1. The summed E-state index contributed by atoms with van der Waals surface area (Å²) in [5.74, 6) is 5.92. The van der Waals surface area contributed by atoms with Crippen LogP contribution >= 0.6 is 11.6 Å². The molecule has 0 unspecified atom stereocenters. The largest absolute Gasteiger partial charge is 0.417 e. The number of benzene rings is 1. The summed E-state index contributed by atoms with van der Waals surface area (Å²) in [5, 5.41) is 0. The second-order valence-electron chi connectivity index (χ2n) is 2.97. The Balaban J connectivity index is 2.39. The minimum Gasteiger partial charge on any atom is -0.408 e. The van der Waals surface area contributed by atoms with Gasteiger partial charge >= 0.3 is 5.76 Å². The predicted octanol–water partition coefficient (Wildman–Crippen LogP) is 2.10. The van der Waals surface area contributed by atoms with Crippen molar-refractivity contribution in [2.75, 3.05) is 5.88 Å². The van der Waals surface area contributed by atoms with E-state index in [2.05, 4.69) is 16.8 Å². The number of hydrogen-bond acceptors (Lipinski definition) is 2. The zero-order valence-electron chi connectivity index (χ0n) is 7.84. The molecule has 0 aliphatic carbocycles. The number of fused-ring (bicyclic) bond motifs is 1. The van der Waals surface area contributed by atoms with Crippen LogP contribution < -0.4 is 5.76 Å². The first-order valence-corrected chi connectivity index (χ1v) is 5.01. The molecule has 2 rings (SSSR count). The number of halogens is 1. The van der Waals surface area contributed by atoms with E-state index in [1.54, 1.807) is 12.1 Å². The van der Waals surface area contributed by atoms with E-state index >= 15 is 0 Å². The number of aromatic amines is 1. The Morgan fingerprint density at radius 1 is 1.47 bits per heavy atom. The molecule has 0 saturated carbocycles. The van der Waals surface area contributed by atoms with Crippen LogP contribution in [-0.4, -0.2) is 10.9 Å². The number of nitrogens with one attached hydrogen (secondary N) is 1. The lowest BCUT2D eigenvalue weighted by Crippen LogP contribution is -1.92. The molecule has 76 valence electrons. The Morgan fingerprint density at radius 2 is 2.33 bits per heavy atom. The third kappa shape index (κ3) is 2.23. The molecule has 0 spiro atoms. The van der Waals surface area contributed by atoms with Crippen LogP contribution in [0.25, 0.3) is 11.1 Å². The zero-order valence-corrected chi connectivity index (χ0v) is 8.60. The number of alkyl halides is 1. The maximum Gasteiger partial charge on any atom is 0.417 e. The Labute approximate surface area is 91.1 Å². The predicted molar refractivity (Wildman–Crippen MR) is 59.0 cm³/mol. The Hall–Kier alpha value is -1.66. The van der Waals surface area contributed by atoms with Gasteiger partial charge in [-0.1, -0.05) is 11.8 Å². The van der Waals surface area contributed by atoms with Crippen molar-refractivity contribution in [3.63, 3.8) is 0 Å². The van der Waals surface area contributed by atoms with Crippen LogP contribution in [0.1, 0.15) is 12.0 Å². The molecule has 0 amide bonds. The van der Waals surface area contributed by atoms with Gasteiger partial charge in [0.2, 0.25) is 0 Å². The van der Waals surface area contributed by atoms with Gasteiger partial charge < -0.3 is 4.42 Å². The number of H-pyrrole nitrogens is 1. The molecule has 15 heavy (non-hydrogen) atoms. The average Bonchev–Trinajstić information content (AvgIpc) is 2.57. The van der Waals surface area contributed by atoms with Crippen molar-refractivity contribution in [3.05, 3.63) is 34.3 Å². The third-order valence-corrected chi connectivity index (χ3v) is 2.06. The summed E-state index contributed by atoms with van der Waals surface area (Å²) in [7, 11) is 0. The van der Waals surface area contributed by atoms with Crippen LogP contribution in [0.2, 0.25) is 0 Å². The minimum atomic E-state index is -0.448. The molecule has 3 nitrogen and oxygen atoms in total. The molecule has 0 saturated heterocycles. The molecular weight excluding hydrogens is 214 g/mol. The maximum atomic E-state index is 10.9. The molecule has 0 radical (unpaired) electrons. The van der Waals surface area contributed by atoms with E-state index in [1.165, 1.54) is 0 Å². The van der Waals surface area contributed by atoms with E-state index in [-0.39, 0.29) is 0 Å². The second kappa shape index (κ2) is 4.24. The fourth-order valence-corrected chi connectivity index (χ4v) is 1.33. The first-order chi connectivity index (χ1) is 7.29. The van der Waals surface area contributed by atoms with Crippen molar-refractivity contribution in [1.82, 2.24) is 4.98 Å². The van der Waals surface area contributed by atoms with E-state index in [0.717, 1.165) is 5.56 Å². The number of rotatable bonds is 1. The Bertz CT molecular complexity index is 586. The summed E-state index contributed by atoms with van der Waals surface area (Å²) in [6.45, 7) is 0. The van der Waals surface area contributed by atoms with Crippen LogP contribution in [0.15, 0.2) is 27.4 Å². The first-order valence-electron chi connectivity index (χ1n) is 4.47. The van der Waals surface area contributed by atoms with E-state index in [0.29, 0.717) is 23.4 Å². The van der Waals surface area contributed by atoms with Crippen LogP contribution in [0.5, 0.6) is 0 Å². The maximum absolute atomic E-state index is 10.9. The molecule has 1 aromatic heterocycles. The second-order valence-corrected chi connectivity index (χ2v) is 3.34. The molecule has 2 aromatic rings. The van der Waals surface area contributed by atoms with E-state index in [4.69, 9.17) is 16.0 Å². The van der Waals surface area contributed by atoms with Crippen molar-refractivity contribution in [2.24, 2.45) is 0 Å². The molecular formula is C11H8ClNO2. The smallest absolute Gasteiger partial charge is 0.408 e. The SMILES string of the molecule is O=c1[nH]c2ccc(C#CCCCl)cc2o1. The average molecular weight is 222 g/mol. The summed E-state index contributed by atoms with van der Waals surface area (Å²) in [4.78, 5) is 13.4. The Kier molecular flexibility index (Phi) is 2.79. The van der Waals surface area contributed by atoms with Gasteiger partial charge in [0.15, 0.2) is 5.58 Å². The van der Waals surface area contributed by atoms with E-state index in [9.17, 15) is 4.79 Å². The highest BCUT2D eigenvalue weighted by Gasteiger charge is 1.99. The van der Waals surface area contributed by atoms with Crippen molar-refractivity contribution < 1.29 is 4.42 Å². The fraction of sp³-hybridized carbons (Fsp3) is 0.182. The van der Waals surface area contributed by atoms with E-state index < -0.39 is 5.76 Å². The summed E-state index contributed by atoms with van der Waals surface area (Å²) in [5.41, 5.74) is 2.02. The van der Waals surface area contributed by atoms with Gasteiger partial charge in [0.25, 0.3) is 0 Å². The molecule has 1 N–H and O–H groups in total. The van der Waals surface area contributed by atoms with Gasteiger partial charge in [0, 0.05) is 17.9 Å². The lowest BCUT2D eigenvalue weighted by atomic mass is 10.2. The van der Waals surface area contributed by atoms with Crippen LogP contribution in [0.4, 0.5) is 0 Å². The van der Waals surface area contributed by atoms with Gasteiger partial charge in [0.1, 0.15) is 0 Å². The summed E-state index contributed by atoms with van der Waals surface area (Å²) < 4.78 is 4.91. The quantitative estimate of drug-likeness (QED) is 0.592. The molecule has 0 bridgehead atoms. The van der Waals surface area contributed by atoms with Crippen molar-refractivity contribution in [1.29, 1.82) is 0 Å². The molecule has 0 aliphatic heterocycles. The Morgan fingerprint density at radius 3 is 3.13 bits per heavy atom. The van der Waals surface area contributed by atoms with Crippen LogP contribution in [0, 0.1) is 11.8 Å². The minimum absolute atomic E-state index is 0.448. The standard InChI is InChI=1S/C11H8ClNO2/c12-6-2-1-3-8-4-5-9-10(7-8)15-11(14)13-9/h4-5,7H,2,6H2,(H,13,14). The highest BCUT2D eigenvalue weighted by molar-refractivity contribution is 6.18. The first kappa shape index (κ1) is 9.88. The highest BCUT2D eigenvalue weighted by atomic mass is 35.5. The molecule has 0 atom stereocenters. The lowest BCUT2D eigenvalue weighted by molar-refractivity contribution is 0.555.